The van der Waals surface area contributed by atoms with Crippen LogP contribution in [0.2, 0.25) is 0 Å². The van der Waals surface area contributed by atoms with E-state index in [0.29, 0.717) is 0 Å². The molecule has 0 rings (SSSR count). The Hall–Kier alpha value is 0.0595. The number of nitrogens with two attached hydrogens (primary N) is 1. The number of hydrogen-bond acceptors (Lipinski definition) is 7. The number of quaternary nitrogens is 1. The molecule has 0 aromatic rings. The normalized spacial score (nSPS) is 7.44. The van der Waals surface area contributed by atoms with Crippen LogP contribution < -0.4 is 5.32 Å². The Morgan fingerprint density at radius 3 is 0.833 bits per heavy atom. The molecular formula is C2H21CuNO12S2+4. The van der Waals surface area contributed by atoms with E-state index >= 15 is 0 Å². The summed E-state index contributed by atoms with van der Waals surface area (Å²) >= 11 is 0. The summed E-state index contributed by atoms with van der Waals surface area (Å²) < 4.78 is 66.9. The van der Waals surface area contributed by atoms with Crippen LogP contribution in [0.4, 0.5) is 0 Å². The summed E-state index contributed by atoms with van der Waals surface area (Å²) in [5.41, 5.74) is 0. The van der Waals surface area contributed by atoms with Crippen LogP contribution in [0, 0.1) is 0 Å². The van der Waals surface area contributed by atoms with Crippen LogP contribution in [0.15, 0.2) is 0 Å². The van der Waals surface area contributed by atoms with Crippen LogP contribution in [-0.2, 0) is 59.8 Å². The van der Waals surface area contributed by atoms with Gasteiger partial charge in [-0.1, -0.05) is 0 Å². The SMILES string of the molecule is C[NH2+]C.O=S(=O)([O-])O.O=S(=O)([O-])[O-].[Cu+2].[OH3+].[OH3+].[OH3+].[OH3+]. The minimum absolute atomic E-state index is 0. The molecule has 0 saturated heterocycles. The Kier molecular flexibility index (Phi) is 74.4. The van der Waals surface area contributed by atoms with E-state index in [0.717, 1.165) is 0 Å². The van der Waals surface area contributed by atoms with Crippen molar-refractivity contribution in [2.75, 3.05) is 14.1 Å². The summed E-state index contributed by atoms with van der Waals surface area (Å²) in [6, 6.07) is 0. The molecule has 0 heterocycles. The van der Waals surface area contributed by atoms with Crippen LogP contribution >= 0.6 is 0 Å². The van der Waals surface area contributed by atoms with Crippen molar-refractivity contribution in [1.82, 2.24) is 0 Å². The van der Waals surface area contributed by atoms with Gasteiger partial charge in [0.15, 0.2) is 0 Å². The molecule has 15 N–H and O–H groups in total. The van der Waals surface area contributed by atoms with Gasteiger partial charge in [0, 0.05) is 10.4 Å². The molecule has 18 heavy (non-hydrogen) atoms. The quantitative estimate of drug-likeness (QED) is 0.176. The molecule has 0 aromatic heterocycles. The zero-order valence-corrected chi connectivity index (χ0v) is 11.9. The second kappa shape index (κ2) is 25.8. The number of hydrogen-bond donors (Lipinski definition) is 2. The van der Waals surface area contributed by atoms with Gasteiger partial charge < -0.3 is 40.9 Å². The van der Waals surface area contributed by atoms with Gasteiger partial charge in [0.05, 0.1) is 14.1 Å². The number of rotatable bonds is 0. The first-order valence-corrected chi connectivity index (χ1v) is 5.20. The van der Waals surface area contributed by atoms with Crippen LogP contribution in [0.5, 0.6) is 0 Å². The molecule has 0 aromatic carbocycles. The van der Waals surface area contributed by atoms with Crippen molar-refractivity contribution in [3.63, 3.8) is 0 Å². The minimum Gasteiger partial charge on any atom is -0.759 e. The fourth-order valence-electron chi connectivity index (χ4n) is 0. The van der Waals surface area contributed by atoms with Gasteiger partial charge in [0.1, 0.15) is 0 Å². The average molecular weight is 379 g/mol. The van der Waals surface area contributed by atoms with E-state index in [9.17, 15) is 0 Å². The molecule has 0 aliphatic carbocycles. The molecule has 0 spiro atoms. The monoisotopic (exact) mass is 378 g/mol. The van der Waals surface area contributed by atoms with Crippen molar-refractivity contribution in [3.8, 4) is 0 Å². The summed E-state index contributed by atoms with van der Waals surface area (Å²) in [7, 11) is -6.08. The van der Waals surface area contributed by atoms with E-state index < -0.39 is 20.8 Å². The van der Waals surface area contributed by atoms with E-state index in [1.54, 1.807) is 0 Å². The van der Waals surface area contributed by atoms with Gasteiger partial charge in [0.25, 0.3) is 0 Å². The van der Waals surface area contributed by atoms with Crippen LogP contribution in [0.3, 0.4) is 0 Å². The Morgan fingerprint density at radius 2 is 0.833 bits per heavy atom. The largest absolute Gasteiger partial charge is 2.00 e. The van der Waals surface area contributed by atoms with Crippen molar-refractivity contribution in [2.24, 2.45) is 0 Å². The summed E-state index contributed by atoms with van der Waals surface area (Å²) in [6.45, 7) is 0. The molecule has 0 saturated carbocycles. The molecule has 0 aliphatic heterocycles. The predicted octanol–water partition coefficient (Wildman–Crippen LogP) is -7.21. The Morgan fingerprint density at radius 1 is 0.833 bits per heavy atom. The average Bonchev–Trinajstić information content (AvgIpc) is 1.52. The Balaban J connectivity index is -0.0000000125. The first kappa shape index (κ1) is 51.9. The maximum absolute atomic E-state index is 8.63. The van der Waals surface area contributed by atoms with Gasteiger partial charge in [0.2, 0.25) is 10.4 Å². The maximum Gasteiger partial charge on any atom is 2.00 e. The molecule has 0 atom stereocenters. The van der Waals surface area contributed by atoms with Crippen LogP contribution in [0.25, 0.3) is 0 Å². The zero-order chi connectivity index (χ0) is 11.7. The predicted molar refractivity (Wildman–Crippen MR) is 56.1 cm³/mol. The van der Waals surface area contributed by atoms with Gasteiger partial charge in [-0.15, -0.1) is 0 Å². The molecule has 0 fully saturated rings. The second-order valence-electron chi connectivity index (χ2n) is 1.41. The Labute approximate surface area is 114 Å². The molecule has 1 radical (unpaired) electrons. The summed E-state index contributed by atoms with van der Waals surface area (Å²) in [6.07, 6.45) is 0. The van der Waals surface area contributed by atoms with Crippen molar-refractivity contribution < 1.29 is 79.3 Å². The summed E-state index contributed by atoms with van der Waals surface area (Å²) in [5, 5.41) is 2.00. The molecule has 125 valence electrons. The first-order chi connectivity index (χ1) is 5.41. The van der Waals surface area contributed by atoms with E-state index in [1.807, 2.05) is 19.4 Å². The maximum atomic E-state index is 8.63. The van der Waals surface area contributed by atoms with Crippen molar-refractivity contribution >= 4 is 20.8 Å². The van der Waals surface area contributed by atoms with Gasteiger partial charge in [-0.05, 0) is 0 Å². The van der Waals surface area contributed by atoms with E-state index in [2.05, 4.69) is 0 Å². The van der Waals surface area contributed by atoms with Crippen molar-refractivity contribution in [2.45, 2.75) is 0 Å². The molecule has 0 amide bonds. The standard InChI is InChI=1S/C2H7N.Cu.2H2O4S.4H2O/c1-3-2;;2*1-5(2,3)4;;;;/h3H,1-2H3;;2*(H2,1,2,3,4);4*1H2/q;+2;;;;;;/p+2. The van der Waals surface area contributed by atoms with E-state index in [4.69, 9.17) is 35.0 Å². The smallest absolute Gasteiger partial charge is 0.759 e. The van der Waals surface area contributed by atoms with Crippen LogP contribution in [-0.4, -0.2) is 49.1 Å². The fraction of sp³-hybridized carbons (Fsp3) is 1.00. The van der Waals surface area contributed by atoms with E-state index in [1.165, 1.54) is 0 Å². The molecular weight excluding hydrogens is 358 g/mol. The summed E-state index contributed by atoms with van der Waals surface area (Å²) in [5.74, 6) is 0. The molecule has 13 nitrogen and oxygen atoms in total. The third-order valence-electron chi connectivity index (χ3n) is 0. The molecule has 0 bridgehead atoms. The van der Waals surface area contributed by atoms with Crippen LogP contribution in [0.1, 0.15) is 0 Å². The van der Waals surface area contributed by atoms with Gasteiger partial charge >= 0.3 is 17.1 Å². The summed E-state index contributed by atoms with van der Waals surface area (Å²) in [4.78, 5) is 0. The third-order valence-corrected chi connectivity index (χ3v) is 0. The van der Waals surface area contributed by atoms with Gasteiger partial charge in [-0.2, -0.15) is 0 Å². The zero-order valence-electron chi connectivity index (χ0n) is 9.31. The van der Waals surface area contributed by atoms with Crippen molar-refractivity contribution in [3.05, 3.63) is 0 Å². The first-order valence-electron chi connectivity index (χ1n) is 2.50. The third kappa shape index (κ3) is 1030000. The molecule has 16 heteroatoms. The fourth-order valence-corrected chi connectivity index (χ4v) is 0. The second-order valence-corrected chi connectivity index (χ2v) is 3.09. The molecule has 0 aliphatic rings. The van der Waals surface area contributed by atoms with E-state index in [-0.39, 0.29) is 39.0 Å². The van der Waals surface area contributed by atoms with Gasteiger partial charge in [-0.3, -0.25) is 13.0 Å². The topological polar surface area (TPSA) is 306 Å². The molecule has 0 unspecified atom stereocenters. The van der Waals surface area contributed by atoms with Crippen molar-refractivity contribution in [1.29, 1.82) is 0 Å². The van der Waals surface area contributed by atoms with Gasteiger partial charge in [-0.25, -0.2) is 8.42 Å². The minimum atomic E-state index is -5.17. The Bertz CT molecular complexity index is 237.